The summed E-state index contributed by atoms with van der Waals surface area (Å²) in [6, 6.07) is 23.1. The minimum atomic E-state index is -0.350. The van der Waals surface area contributed by atoms with Crippen molar-refractivity contribution in [3.05, 3.63) is 78.4 Å². The molecule has 0 bridgehead atoms. The molecular weight excluding hydrogens is 380 g/mol. The topological polar surface area (TPSA) is 69.2 Å². The predicted molar refractivity (Wildman–Crippen MR) is 117 cm³/mol. The second-order valence-corrected chi connectivity index (χ2v) is 6.32. The molecule has 0 saturated carbocycles. The van der Waals surface area contributed by atoms with Gasteiger partial charge in [-0.2, -0.15) is 5.10 Å². The number of ether oxygens (including phenoxy) is 3. The lowest BCUT2D eigenvalue weighted by Gasteiger charge is -2.09. The average Bonchev–Trinajstić information content (AvgIpc) is 2.79. The zero-order chi connectivity index (χ0) is 21.2. The first kappa shape index (κ1) is 20.9. The van der Waals surface area contributed by atoms with Crippen LogP contribution in [0.15, 0.2) is 77.9 Å². The summed E-state index contributed by atoms with van der Waals surface area (Å²) in [5, 5.41) is 3.96. The standard InChI is InChI=1S/C24H24N2O4/c1-3-29-23-15-18(9-14-22(23)28-2)16-25-26-24(27)17-30-21-12-10-20(11-13-21)19-7-5-4-6-8-19/h4-16H,3,17H2,1-2H3,(H,26,27)/b25-16+. The van der Waals surface area contributed by atoms with Crippen molar-refractivity contribution in [1.29, 1.82) is 0 Å². The number of amides is 1. The quantitative estimate of drug-likeness (QED) is 0.427. The molecule has 0 spiro atoms. The van der Waals surface area contributed by atoms with Crippen LogP contribution >= 0.6 is 0 Å². The Hall–Kier alpha value is -3.80. The van der Waals surface area contributed by atoms with Gasteiger partial charge in [-0.15, -0.1) is 0 Å². The van der Waals surface area contributed by atoms with E-state index in [0.29, 0.717) is 23.9 Å². The zero-order valence-electron chi connectivity index (χ0n) is 17.0. The maximum Gasteiger partial charge on any atom is 0.277 e. The summed E-state index contributed by atoms with van der Waals surface area (Å²) in [7, 11) is 1.58. The Morgan fingerprint density at radius 1 is 0.933 bits per heavy atom. The monoisotopic (exact) mass is 404 g/mol. The summed E-state index contributed by atoms with van der Waals surface area (Å²) >= 11 is 0. The highest BCUT2D eigenvalue weighted by Gasteiger charge is 2.05. The normalized spacial score (nSPS) is 10.6. The fourth-order valence-corrected chi connectivity index (χ4v) is 2.78. The van der Waals surface area contributed by atoms with Crippen molar-refractivity contribution in [2.75, 3.05) is 20.3 Å². The van der Waals surface area contributed by atoms with E-state index in [0.717, 1.165) is 16.7 Å². The second-order valence-electron chi connectivity index (χ2n) is 6.32. The minimum absolute atomic E-state index is 0.130. The third-order valence-corrected chi connectivity index (χ3v) is 4.22. The first-order valence-electron chi connectivity index (χ1n) is 9.60. The van der Waals surface area contributed by atoms with Crippen LogP contribution in [0.25, 0.3) is 11.1 Å². The summed E-state index contributed by atoms with van der Waals surface area (Å²) in [5.41, 5.74) is 5.44. The van der Waals surface area contributed by atoms with E-state index in [1.54, 1.807) is 19.2 Å². The second kappa shape index (κ2) is 10.7. The Labute approximate surface area is 176 Å². The largest absolute Gasteiger partial charge is 0.493 e. The van der Waals surface area contributed by atoms with Crippen molar-refractivity contribution >= 4 is 12.1 Å². The van der Waals surface area contributed by atoms with Gasteiger partial charge >= 0.3 is 0 Å². The Morgan fingerprint density at radius 3 is 2.37 bits per heavy atom. The van der Waals surface area contributed by atoms with E-state index in [4.69, 9.17) is 14.2 Å². The van der Waals surface area contributed by atoms with Gasteiger partial charge in [-0.1, -0.05) is 42.5 Å². The van der Waals surface area contributed by atoms with Crippen LogP contribution in [0.3, 0.4) is 0 Å². The van der Waals surface area contributed by atoms with Crippen molar-refractivity contribution in [3.63, 3.8) is 0 Å². The molecule has 1 N–H and O–H groups in total. The first-order valence-corrected chi connectivity index (χ1v) is 9.60. The number of hydrazone groups is 1. The molecule has 0 aliphatic rings. The molecule has 0 saturated heterocycles. The molecule has 0 atom stereocenters. The van der Waals surface area contributed by atoms with Crippen LogP contribution in [0.1, 0.15) is 12.5 Å². The molecule has 0 fully saturated rings. The smallest absolute Gasteiger partial charge is 0.277 e. The van der Waals surface area contributed by atoms with E-state index in [1.165, 1.54) is 6.21 Å². The molecule has 30 heavy (non-hydrogen) atoms. The van der Waals surface area contributed by atoms with E-state index in [2.05, 4.69) is 10.5 Å². The van der Waals surface area contributed by atoms with Crippen LogP contribution in [0.4, 0.5) is 0 Å². The number of carbonyl (C=O) groups excluding carboxylic acids is 1. The molecule has 6 heteroatoms. The van der Waals surface area contributed by atoms with Crippen LogP contribution < -0.4 is 19.6 Å². The van der Waals surface area contributed by atoms with Gasteiger partial charge in [0, 0.05) is 0 Å². The molecule has 0 heterocycles. The molecule has 3 aromatic carbocycles. The summed E-state index contributed by atoms with van der Waals surface area (Å²) in [4.78, 5) is 12.0. The van der Waals surface area contributed by atoms with Gasteiger partial charge in [-0.3, -0.25) is 4.79 Å². The molecule has 154 valence electrons. The average molecular weight is 404 g/mol. The van der Waals surface area contributed by atoms with Gasteiger partial charge in [0.05, 0.1) is 19.9 Å². The Kier molecular flexibility index (Phi) is 7.44. The molecule has 0 aromatic heterocycles. The molecule has 3 rings (SSSR count). The SMILES string of the molecule is CCOc1cc(/C=N/NC(=O)COc2ccc(-c3ccccc3)cc2)ccc1OC. The van der Waals surface area contributed by atoms with Gasteiger partial charge in [-0.25, -0.2) is 5.43 Å². The van der Waals surface area contributed by atoms with Crippen molar-refractivity contribution in [2.24, 2.45) is 5.10 Å². The lowest BCUT2D eigenvalue weighted by molar-refractivity contribution is -0.123. The Balaban J connectivity index is 1.49. The predicted octanol–water partition coefficient (Wildman–Crippen LogP) is 4.29. The number of carbonyl (C=O) groups is 1. The maximum absolute atomic E-state index is 12.0. The van der Waals surface area contributed by atoms with Crippen molar-refractivity contribution in [3.8, 4) is 28.4 Å². The molecule has 0 unspecified atom stereocenters. The van der Waals surface area contributed by atoms with E-state index in [1.807, 2.05) is 67.6 Å². The van der Waals surface area contributed by atoms with Gasteiger partial charge in [0.15, 0.2) is 18.1 Å². The Bertz CT molecular complexity index is 986. The molecule has 0 aliphatic heterocycles. The zero-order valence-corrected chi connectivity index (χ0v) is 17.0. The van der Waals surface area contributed by atoms with Gasteiger partial charge in [-0.05, 0) is 53.9 Å². The van der Waals surface area contributed by atoms with Gasteiger partial charge in [0.1, 0.15) is 5.75 Å². The third-order valence-electron chi connectivity index (χ3n) is 4.22. The Morgan fingerprint density at radius 2 is 1.67 bits per heavy atom. The number of benzene rings is 3. The molecule has 6 nitrogen and oxygen atoms in total. The maximum atomic E-state index is 12.0. The highest BCUT2D eigenvalue weighted by molar-refractivity contribution is 5.83. The van der Waals surface area contributed by atoms with Crippen LogP contribution in [0.5, 0.6) is 17.2 Å². The van der Waals surface area contributed by atoms with E-state index >= 15 is 0 Å². The van der Waals surface area contributed by atoms with Crippen LogP contribution in [0, 0.1) is 0 Å². The van der Waals surface area contributed by atoms with Gasteiger partial charge < -0.3 is 14.2 Å². The van der Waals surface area contributed by atoms with E-state index < -0.39 is 0 Å². The number of methoxy groups -OCH3 is 1. The molecule has 0 aliphatic carbocycles. The number of hydrogen-bond acceptors (Lipinski definition) is 5. The fraction of sp³-hybridized carbons (Fsp3) is 0.167. The number of hydrogen-bond donors (Lipinski definition) is 1. The number of nitrogens with zero attached hydrogens (tertiary/aromatic N) is 1. The van der Waals surface area contributed by atoms with Gasteiger partial charge in [0.2, 0.25) is 0 Å². The number of nitrogens with one attached hydrogen (secondary N) is 1. The summed E-state index contributed by atoms with van der Waals surface area (Å²) in [6.45, 7) is 2.29. The summed E-state index contributed by atoms with van der Waals surface area (Å²) in [5.74, 6) is 1.53. The lowest BCUT2D eigenvalue weighted by Crippen LogP contribution is -2.24. The fourth-order valence-electron chi connectivity index (χ4n) is 2.78. The van der Waals surface area contributed by atoms with Crippen LogP contribution in [-0.2, 0) is 4.79 Å². The third kappa shape index (κ3) is 5.85. The highest BCUT2D eigenvalue weighted by atomic mass is 16.5. The molecule has 1 amide bonds. The minimum Gasteiger partial charge on any atom is -0.493 e. The highest BCUT2D eigenvalue weighted by Crippen LogP contribution is 2.27. The van der Waals surface area contributed by atoms with Crippen molar-refractivity contribution in [1.82, 2.24) is 5.43 Å². The van der Waals surface area contributed by atoms with Crippen LogP contribution in [0.2, 0.25) is 0 Å². The van der Waals surface area contributed by atoms with E-state index in [9.17, 15) is 4.79 Å². The molecular formula is C24H24N2O4. The van der Waals surface area contributed by atoms with Crippen LogP contribution in [-0.4, -0.2) is 32.4 Å². The lowest BCUT2D eigenvalue weighted by atomic mass is 10.1. The van der Waals surface area contributed by atoms with E-state index in [-0.39, 0.29) is 12.5 Å². The molecule has 0 radical (unpaired) electrons. The number of rotatable bonds is 9. The summed E-state index contributed by atoms with van der Waals surface area (Å²) in [6.07, 6.45) is 1.54. The summed E-state index contributed by atoms with van der Waals surface area (Å²) < 4.78 is 16.3. The van der Waals surface area contributed by atoms with Crippen molar-refractivity contribution in [2.45, 2.75) is 6.92 Å². The molecule has 3 aromatic rings. The first-order chi connectivity index (χ1) is 14.7. The van der Waals surface area contributed by atoms with Crippen molar-refractivity contribution < 1.29 is 19.0 Å². The van der Waals surface area contributed by atoms with Gasteiger partial charge in [0.25, 0.3) is 5.91 Å².